The van der Waals surface area contributed by atoms with Crippen LogP contribution in [0.15, 0.2) is 36.5 Å². The number of carbonyl (C=O) groups is 1. The van der Waals surface area contributed by atoms with E-state index in [0.717, 1.165) is 18.4 Å². The first-order valence-corrected chi connectivity index (χ1v) is 7.90. The molecule has 0 aliphatic carbocycles. The number of rotatable bonds is 7. The Morgan fingerprint density at radius 2 is 2.18 bits per heavy atom. The third kappa shape index (κ3) is 6.45. The number of piperidine rings is 1. The number of carbonyl (C=O) groups excluding carboxylic acids is 1. The lowest BCUT2D eigenvalue weighted by atomic mass is 10.0. The van der Waals surface area contributed by atoms with E-state index in [9.17, 15) is 9.90 Å². The van der Waals surface area contributed by atoms with Gasteiger partial charge in [0.15, 0.2) is 0 Å². The molecule has 2 N–H and O–H groups in total. The summed E-state index contributed by atoms with van der Waals surface area (Å²) in [5.74, 6) is 0. The highest BCUT2D eigenvalue weighted by Gasteiger charge is 2.24. The van der Waals surface area contributed by atoms with Crippen molar-refractivity contribution in [2.45, 2.75) is 45.4 Å². The van der Waals surface area contributed by atoms with Gasteiger partial charge in [-0.3, -0.25) is 5.32 Å². The number of hydrogen-bond acceptors (Lipinski definition) is 4. The van der Waals surface area contributed by atoms with Crippen molar-refractivity contribution in [3.8, 4) is 0 Å². The second-order valence-corrected chi connectivity index (χ2v) is 5.32. The maximum absolute atomic E-state index is 11.6. The fraction of sp³-hybridized carbons (Fsp3) is 0.588. The van der Waals surface area contributed by atoms with Gasteiger partial charge in [0, 0.05) is 25.6 Å². The monoisotopic (exact) mass is 308 g/mol. The molecule has 0 aromatic carbocycles. The van der Waals surface area contributed by atoms with E-state index in [-0.39, 0.29) is 12.1 Å². The quantitative estimate of drug-likeness (QED) is 0.560. The number of aliphatic hydroxyl groups is 1. The minimum Gasteiger partial charge on any atom is -0.450 e. The number of likely N-dealkylation sites (tertiary alicyclic amines) is 1. The van der Waals surface area contributed by atoms with Crippen molar-refractivity contribution in [3.63, 3.8) is 0 Å². The zero-order chi connectivity index (χ0) is 16.4. The number of aliphatic hydroxyl groups excluding tert-OH is 1. The first-order valence-electron chi connectivity index (χ1n) is 7.90. The number of nitrogens with zero attached hydrogens (tertiary/aromatic N) is 1. The van der Waals surface area contributed by atoms with Gasteiger partial charge in [-0.05, 0) is 32.3 Å². The molecule has 1 unspecified atom stereocenters. The Hall–Kier alpha value is -1.59. The molecule has 5 nitrogen and oxygen atoms in total. The standard InChI is InChI=1S/C17H28N2O3/c1-4-7-8-14(5-2)13-16(20)18-15-9-11-19(12-10-15)17(21)22-6-3/h4-5,7-8,15-16,18,20H,2,6,9-13H2,1,3H3/b7-4-,14-8+. The average molecular weight is 308 g/mol. The number of hydrogen-bond donors (Lipinski definition) is 2. The van der Waals surface area contributed by atoms with E-state index >= 15 is 0 Å². The third-order valence-electron chi connectivity index (χ3n) is 3.64. The Morgan fingerprint density at radius 1 is 1.50 bits per heavy atom. The number of nitrogens with one attached hydrogen (secondary N) is 1. The summed E-state index contributed by atoms with van der Waals surface area (Å²) < 4.78 is 4.99. The Labute approximate surface area is 133 Å². The van der Waals surface area contributed by atoms with Crippen molar-refractivity contribution in [3.05, 3.63) is 36.5 Å². The molecule has 0 aromatic heterocycles. The topological polar surface area (TPSA) is 61.8 Å². The zero-order valence-electron chi connectivity index (χ0n) is 13.6. The molecule has 1 rings (SSSR count). The van der Waals surface area contributed by atoms with Crippen molar-refractivity contribution in [1.82, 2.24) is 10.2 Å². The molecular formula is C17H28N2O3. The second-order valence-electron chi connectivity index (χ2n) is 5.32. The molecule has 5 heteroatoms. The fourth-order valence-corrected chi connectivity index (χ4v) is 2.44. The second kappa shape index (κ2) is 10.2. The summed E-state index contributed by atoms with van der Waals surface area (Å²) in [6, 6.07) is 0.216. The molecule has 22 heavy (non-hydrogen) atoms. The number of allylic oxidation sites excluding steroid dienone is 4. The molecule has 0 spiro atoms. The molecular weight excluding hydrogens is 280 g/mol. The van der Waals surface area contributed by atoms with Crippen LogP contribution in [0.3, 0.4) is 0 Å². The summed E-state index contributed by atoms with van der Waals surface area (Å²) in [7, 11) is 0. The summed E-state index contributed by atoms with van der Waals surface area (Å²) in [5.41, 5.74) is 0.988. The lowest BCUT2D eigenvalue weighted by molar-refractivity contribution is 0.0793. The highest BCUT2D eigenvalue weighted by molar-refractivity contribution is 5.67. The lowest BCUT2D eigenvalue weighted by Gasteiger charge is -2.33. The molecule has 124 valence electrons. The summed E-state index contributed by atoms with van der Waals surface area (Å²) >= 11 is 0. The van der Waals surface area contributed by atoms with Gasteiger partial charge in [0.25, 0.3) is 0 Å². The Kier molecular flexibility index (Phi) is 8.55. The van der Waals surface area contributed by atoms with Gasteiger partial charge in [-0.2, -0.15) is 0 Å². The van der Waals surface area contributed by atoms with Crippen molar-refractivity contribution < 1.29 is 14.6 Å². The molecule has 1 amide bonds. The Balaban J connectivity index is 2.36. The van der Waals surface area contributed by atoms with Gasteiger partial charge < -0.3 is 14.7 Å². The van der Waals surface area contributed by atoms with Crippen LogP contribution in [0, 0.1) is 0 Å². The number of ether oxygens (including phenoxy) is 1. The first kappa shape index (κ1) is 18.5. The summed E-state index contributed by atoms with van der Waals surface area (Å²) in [5, 5.41) is 13.3. The zero-order valence-corrected chi connectivity index (χ0v) is 13.6. The normalized spacial score (nSPS) is 18.5. The summed E-state index contributed by atoms with van der Waals surface area (Å²) in [6.45, 7) is 9.23. The molecule has 1 fully saturated rings. The maximum atomic E-state index is 11.6. The van der Waals surface area contributed by atoms with Gasteiger partial charge >= 0.3 is 6.09 Å². The van der Waals surface area contributed by atoms with E-state index < -0.39 is 6.23 Å². The van der Waals surface area contributed by atoms with Gasteiger partial charge in [0.2, 0.25) is 0 Å². The van der Waals surface area contributed by atoms with E-state index in [1.165, 1.54) is 0 Å². The smallest absolute Gasteiger partial charge is 0.409 e. The molecule has 0 saturated carbocycles. The minimum absolute atomic E-state index is 0.216. The predicted octanol–water partition coefficient (Wildman–Crippen LogP) is 2.59. The van der Waals surface area contributed by atoms with Crippen molar-refractivity contribution in [1.29, 1.82) is 0 Å². The first-order chi connectivity index (χ1) is 10.6. The van der Waals surface area contributed by atoms with Crippen LogP contribution >= 0.6 is 0 Å². The molecule has 0 aromatic rings. The van der Waals surface area contributed by atoms with Crippen LogP contribution in [0.25, 0.3) is 0 Å². The van der Waals surface area contributed by atoms with Crippen molar-refractivity contribution in [2.24, 2.45) is 0 Å². The highest BCUT2D eigenvalue weighted by atomic mass is 16.6. The molecule has 1 atom stereocenters. The van der Waals surface area contributed by atoms with Gasteiger partial charge in [-0.1, -0.05) is 30.9 Å². The average Bonchev–Trinajstić information content (AvgIpc) is 2.52. The van der Waals surface area contributed by atoms with E-state index in [4.69, 9.17) is 4.74 Å². The molecule has 0 radical (unpaired) electrons. The molecule has 1 aliphatic heterocycles. The number of amides is 1. The summed E-state index contributed by atoms with van der Waals surface area (Å²) in [4.78, 5) is 13.3. The van der Waals surface area contributed by atoms with Gasteiger partial charge in [0.1, 0.15) is 6.23 Å². The Bertz CT molecular complexity index is 410. The molecule has 1 aliphatic rings. The van der Waals surface area contributed by atoms with Crippen LogP contribution in [0.1, 0.15) is 33.1 Å². The van der Waals surface area contributed by atoms with Gasteiger partial charge in [-0.25, -0.2) is 4.79 Å². The van der Waals surface area contributed by atoms with E-state index in [0.29, 0.717) is 26.1 Å². The fourth-order valence-electron chi connectivity index (χ4n) is 2.44. The van der Waals surface area contributed by atoms with Gasteiger partial charge in [-0.15, -0.1) is 0 Å². The van der Waals surface area contributed by atoms with Crippen LogP contribution in [0.2, 0.25) is 0 Å². The largest absolute Gasteiger partial charge is 0.450 e. The molecule has 1 heterocycles. The van der Waals surface area contributed by atoms with Crippen LogP contribution in [0.4, 0.5) is 4.79 Å². The van der Waals surface area contributed by atoms with Crippen molar-refractivity contribution in [2.75, 3.05) is 19.7 Å². The maximum Gasteiger partial charge on any atom is 0.409 e. The predicted molar refractivity (Wildman–Crippen MR) is 88.5 cm³/mol. The minimum atomic E-state index is -0.603. The van der Waals surface area contributed by atoms with E-state index in [1.807, 2.05) is 25.2 Å². The van der Waals surface area contributed by atoms with Crippen LogP contribution in [-0.2, 0) is 4.74 Å². The van der Waals surface area contributed by atoms with Crippen molar-refractivity contribution >= 4 is 6.09 Å². The third-order valence-corrected chi connectivity index (χ3v) is 3.64. The van der Waals surface area contributed by atoms with Gasteiger partial charge in [0.05, 0.1) is 6.61 Å². The van der Waals surface area contributed by atoms with E-state index in [1.54, 1.807) is 17.9 Å². The Morgan fingerprint density at radius 3 is 2.73 bits per heavy atom. The van der Waals surface area contributed by atoms with Crippen LogP contribution < -0.4 is 5.32 Å². The van der Waals surface area contributed by atoms with Crippen LogP contribution in [0.5, 0.6) is 0 Å². The SMILES string of the molecule is C=C/C(=C\C=C/C)CC(O)NC1CCN(C(=O)OCC)CC1. The molecule has 0 bridgehead atoms. The highest BCUT2D eigenvalue weighted by Crippen LogP contribution is 2.14. The summed E-state index contributed by atoms with van der Waals surface area (Å²) in [6.07, 6.45) is 8.88. The van der Waals surface area contributed by atoms with Crippen LogP contribution in [-0.4, -0.2) is 48.1 Å². The molecule has 1 saturated heterocycles. The lowest BCUT2D eigenvalue weighted by Crippen LogP contribution is -2.48. The van der Waals surface area contributed by atoms with E-state index in [2.05, 4.69) is 11.9 Å².